The molecule has 1 atom stereocenters. The Kier molecular flexibility index (Phi) is 3.35. The molecule has 1 saturated heterocycles. The molecule has 0 amide bonds. The highest BCUT2D eigenvalue weighted by Crippen LogP contribution is 2.26. The van der Waals surface area contributed by atoms with Crippen LogP contribution in [0.5, 0.6) is 0 Å². The van der Waals surface area contributed by atoms with Crippen molar-refractivity contribution in [2.45, 2.75) is 18.9 Å². The van der Waals surface area contributed by atoms with Crippen LogP contribution in [0.1, 0.15) is 18.9 Å². The van der Waals surface area contributed by atoms with Crippen LogP contribution in [0, 0.1) is 0 Å². The fourth-order valence-corrected chi connectivity index (χ4v) is 2.64. The van der Waals surface area contributed by atoms with E-state index in [1.54, 1.807) is 0 Å². The number of rotatable bonds is 2. The van der Waals surface area contributed by atoms with Gasteiger partial charge >= 0.3 is 0 Å². The number of halogens is 1. The maximum atomic E-state index is 5.93. The molecule has 3 nitrogen and oxygen atoms in total. The third-order valence-electron chi connectivity index (χ3n) is 3.47. The molecule has 3 rings (SSSR count). The summed E-state index contributed by atoms with van der Waals surface area (Å²) in [7, 11) is 0. The Morgan fingerprint density at radius 3 is 2.83 bits per heavy atom. The van der Waals surface area contributed by atoms with E-state index in [0.717, 1.165) is 18.1 Å². The van der Waals surface area contributed by atoms with Gasteiger partial charge in [0.1, 0.15) is 0 Å². The lowest BCUT2D eigenvalue weighted by atomic mass is 10.1. The lowest BCUT2D eigenvalue weighted by Crippen LogP contribution is -2.31. The third kappa shape index (κ3) is 2.28. The van der Waals surface area contributed by atoms with Gasteiger partial charge in [-0.1, -0.05) is 23.7 Å². The van der Waals surface area contributed by atoms with Gasteiger partial charge < -0.3 is 9.88 Å². The van der Waals surface area contributed by atoms with E-state index in [2.05, 4.69) is 14.9 Å². The van der Waals surface area contributed by atoms with Crippen molar-refractivity contribution >= 4 is 11.6 Å². The van der Waals surface area contributed by atoms with E-state index in [9.17, 15) is 0 Å². The van der Waals surface area contributed by atoms with Gasteiger partial charge in [-0.25, -0.2) is 4.98 Å². The number of benzene rings is 1. The summed E-state index contributed by atoms with van der Waals surface area (Å²) in [6, 6.07) is 8.45. The Hall–Kier alpha value is -1.32. The standard InChI is InChI=1S/C14H16ClN3/c15-12-5-3-11(4-6-12)14-9-17-10-18(14)13-2-1-7-16-8-13/h3-6,9-10,13,16H,1-2,7-8H2. The van der Waals surface area contributed by atoms with Crippen LogP contribution >= 0.6 is 11.6 Å². The molecular weight excluding hydrogens is 246 g/mol. The molecule has 2 heterocycles. The zero-order chi connectivity index (χ0) is 12.4. The first-order valence-corrected chi connectivity index (χ1v) is 6.71. The topological polar surface area (TPSA) is 29.9 Å². The minimum absolute atomic E-state index is 0.506. The largest absolute Gasteiger partial charge is 0.326 e. The molecule has 1 aromatic carbocycles. The molecule has 1 N–H and O–H groups in total. The Labute approximate surface area is 112 Å². The summed E-state index contributed by atoms with van der Waals surface area (Å²) in [5, 5.41) is 4.21. The first-order valence-electron chi connectivity index (χ1n) is 6.33. The molecule has 1 aromatic heterocycles. The summed E-state index contributed by atoms with van der Waals surface area (Å²) in [4.78, 5) is 4.30. The van der Waals surface area contributed by atoms with Gasteiger partial charge in [-0.15, -0.1) is 0 Å². The Balaban J connectivity index is 1.93. The number of nitrogens with zero attached hydrogens (tertiary/aromatic N) is 2. The molecule has 0 saturated carbocycles. The highest BCUT2D eigenvalue weighted by molar-refractivity contribution is 6.30. The van der Waals surface area contributed by atoms with E-state index in [0.29, 0.717) is 6.04 Å². The van der Waals surface area contributed by atoms with Crippen LogP contribution in [0.4, 0.5) is 0 Å². The van der Waals surface area contributed by atoms with E-state index in [1.807, 2.05) is 36.8 Å². The summed E-state index contributed by atoms with van der Waals surface area (Å²) in [6.07, 6.45) is 6.30. The summed E-state index contributed by atoms with van der Waals surface area (Å²) in [5.41, 5.74) is 2.34. The minimum atomic E-state index is 0.506. The van der Waals surface area contributed by atoms with Gasteiger partial charge in [-0.2, -0.15) is 0 Å². The van der Waals surface area contributed by atoms with Crippen molar-refractivity contribution in [3.05, 3.63) is 41.8 Å². The predicted molar refractivity (Wildman–Crippen MR) is 73.8 cm³/mol. The molecule has 0 spiro atoms. The quantitative estimate of drug-likeness (QED) is 0.900. The van der Waals surface area contributed by atoms with Crippen LogP contribution in [0.3, 0.4) is 0 Å². The van der Waals surface area contributed by atoms with Crippen molar-refractivity contribution in [1.29, 1.82) is 0 Å². The first kappa shape index (κ1) is 11.8. The Morgan fingerprint density at radius 1 is 1.28 bits per heavy atom. The van der Waals surface area contributed by atoms with E-state index in [1.165, 1.54) is 24.1 Å². The number of piperidine rings is 1. The molecule has 1 unspecified atom stereocenters. The first-order chi connectivity index (χ1) is 8.84. The molecule has 0 bridgehead atoms. The molecule has 0 aliphatic carbocycles. The minimum Gasteiger partial charge on any atom is -0.326 e. The molecule has 0 radical (unpaired) electrons. The lowest BCUT2D eigenvalue weighted by molar-refractivity contribution is 0.373. The second-order valence-electron chi connectivity index (χ2n) is 4.69. The van der Waals surface area contributed by atoms with Gasteiger partial charge in [0.05, 0.1) is 18.2 Å². The average Bonchev–Trinajstić information content (AvgIpc) is 2.90. The zero-order valence-electron chi connectivity index (χ0n) is 10.1. The Morgan fingerprint density at radius 2 is 2.11 bits per heavy atom. The highest BCUT2D eigenvalue weighted by atomic mass is 35.5. The number of hydrogen-bond donors (Lipinski definition) is 1. The maximum Gasteiger partial charge on any atom is 0.0954 e. The summed E-state index contributed by atoms with van der Waals surface area (Å²) in [5.74, 6) is 0. The number of imidazole rings is 1. The second-order valence-corrected chi connectivity index (χ2v) is 5.13. The van der Waals surface area contributed by atoms with Crippen LogP contribution in [-0.4, -0.2) is 22.6 Å². The molecule has 1 fully saturated rings. The van der Waals surface area contributed by atoms with Crippen molar-refractivity contribution in [3.63, 3.8) is 0 Å². The summed E-state index contributed by atoms with van der Waals surface area (Å²) in [6.45, 7) is 2.15. The monoisotopic (exact) mass is 261 g/mol. The maximum absolute atomic E-state index is 5.93. The summed E-state index contributed by atoms with van der Waals surface area (Å²) >= 11 is 5.93. The molecule has 18 heavy (non-hydrogen) atoms. The van der Waals surface area contributed by atoms with Crippen molar-refractivity contribution < 1.29 is 0 Å². The zero-order valence-corrected chi connectivity index (χ0v) is 10.9. The molecule has 1 aliphatic rings. The summed E-state index contributed by atoms with van der Waals surface area (Å²) < 4.78 is 2.27. The van der Waals surface area contributed by atoms with Gasteiger partial charge in [0.25, 0.3) is 0 Å². The number of aromatic nitrogens is 2. The average molecular weight is 262 g/mol. The van der Waals surface area contributed by atoms with Crippen LogP contribution in [-0.2, 0) is 0 Å². The van der Waals surface area contributed by atoms with Crippen molar-refractivity contribution in [3.8, 4) is 11.3 Å². The van der Waals surface area contributed by atoms with Crippen molar-refractivity contribution in [2.24, 2.45) is 0 Å². The Bertz CT molecular complexity index is 512. The SMILES string of the molecule is Clc1ccc(-c2cncn2C2CCCNC2)cc1. The number of nitrogens with one attached hydrogen (secondary N) is 1. The van der Waals surface area contributed by atoms with Crippen molar-refractivity contribution in [1.82, 2.24) is 14.9 Å². The van der Waals surface area contributed by atoms with Gasteiger partial charge in [0, 0.05) is 17.6 Å². The van der Waals surface area contributed by atoms with Gasteiger partial charge in [0.15, 0.2) is 0 Å². The molecule has 1 aliphatic heterocycles. The fourth-order valence-electron chi connectivity index (χ4n) is 2.51. The molecular formula is C14H16ClN3. The molecule has 94 valence electrons. The normalized spacial score (nSPS) is 19.9. The van der Waals surface area contributed by atoms with Gasteiger partial charge in [0.2, 0.25) is 0 Å². The van der Waals surface area contributed by atoms with Crippen LogP contribution < -0.4 is 5.32 Å². The van der Waals surface area contributed by atoms with E-state index >= 15 is 0 Å². The predicted octanol–water partition coefficient (Wildman–Crippen LogP) is 3.13. The van der Waals surface area contributed by atoms with Crippen molar-refractivity contribution in [2.75, 3.05) is 13.1 Å². The number of hydrogen-bond acceptors (Lipinski definition) is 2. The van der Waals surface area contributed by atoms with E-state index < -0.39 is 0 Å². The molecule has 2 aromatic rings. The third-order valence-corrected chi connectivity index (χ3v) is 3.72. The van der Waals surface area contributed by atoms with Gasteiger partial charge in [-0.05, 0) is 37.1 Å². The molecule has 4 heteroatoms. The fraction of sp³-hybridized carbons (Fsp3) is 0.357. The van der Waals surface area contributed by atoms with Gasteiger partial charge in [-0.3, -0.25) is 0 Å². The lowest BCUT2D eigenvalue weighted by Gasteiger charge is -2.25. The van der Waals surface area contributed by atoms with Crippen LogP contribution in [0.15, 0.2) is 36.8 Å². The smallest absolute Gasteiger partial charge is 0.0954 e. The van der Waals surface area contributed by atoms with E-state index in [4.69, 9.17) is 11.6 Å². The van der Waals surface area contributed by atoms with Crippen LogP contribution in [0.25, 0.3) is 11.3 Å². The van der Waals surface area contributed by atoms with E-state index in [-0.39, 0.29) is 0 Å². The highest BCUT2D eigenvalue weighted by Gasteiger charge is 2.17. The van der Waals surface area contributed by atoms with Crippen LogP contribution in [0.2, 0.25) is 5.02 Å². The second kappa shape index (κ2) is 5.12.